The molecule has 1 N–H and O–H groups in total. The lowest BCUT2D eigenvalue weighted by atomic mass is 10.3. The molecule has 0 aliphatic carbocycles. The van der Waals surface area contributed by atoms with Crippen molar-refractivity contribution in [2.45, 2.75) is 26.7 Å². The molecule has 86 valence electrons. The number of rotatable bonds is 7. The van der Waals surface area contributed by atoms with Crippen molar-refractivity contribution < 1.29 is 19.4 Å². The van der Waals surface area contributed by atoms with Crippen LogP contribution < -0.4 is 0 Å². The lowest BCUT2D eigenvalue weighted by molar-refractivity contribution is -0.132. The summed E-state index contributed by atoms with van der Waals surface area (Å²) in [6.07, 6.45) is 0. The maximum absolute atomic E-state index is 10.5. The second-order valence-electron chi connectivity index (χ2n) is 2.85. The van der Waals surface area contributed by atoms with Crippen LogP contribution in [0.3, 0.4) is 0 Å². The fourth-order valence-corrected chi connectivity index (χ4v) is 2.29. The largest absolute Gasteiger partial charge is 0.477 e. The highest BCUT2D eigenvalue weighted by atomic mass is 28.2. The fraction of sp³-hybridized carbons (Fsp3) is 0.600. The van der Waals surface area contributed by atoms with E-state index in [0.717, 1.165) is 0 Å². The third kappa shape index (κ3) is 7.10. The van der Waals surface area contributed by atoms with E-state index in [4.69, 9.17) is 14.6 Å². The van der Waals surface area contributed by atoms with Crippen LogP contribution in [0.4, 0.5) is 0 Å². The number of carboxylic acids is 1. The van der Waals surface area contributed by atoms with Gasteiger partial charge in [0.25, 0.3) is 0 Å². The van der Waals surface area contributed by atoms with Gasteiger partial charge in [-0.25, -0.2) is 4.79 Å². The second-order valence-corrected chi connectivity index (χ2v) is 4.40. The van der Waals surface area contributed by atoms with Crippen molar-refractivity contribution in [1.29, 1.82) is 0 Å². The maximum atomic E-state index is 10.5. The predicted molar refractivity (Wildman–Crippen MR) is 60.5 cm³/mol. The van der Waals surface area contributed by atoms with Crippen LogP contribution >= 0.6 is 0 Å². The van der Waals surface area contributed by atoms with Crippen molar-refractivity contribution in [3.63, 3.8) is 0 Å². The Morgan fingerprint density at radius 2 is 2.00 bits per heavy atom. The molecule has 0 unspecified atom stereocenters. The Balaban J connectivity index is 4.18. The molecule has 0 aromatic heterocycles. The molecule has 0 heterocycles. The van der Waals surface area contributed by atoms with Crippen LogP contribution in [-0.2, 0) is 14.3 Å². The number of ether oxygens (including phenoxy) is 2. The highest BCUT2D eigenvalue weighted by Gasteiger charge is 2.05. The van der Waals surface area contributed by atoms with Crippen molar-refractivity contribution in [2.75, 3.05) is 13.2 Å². The van der Waals surface area contributed by atoms with Gasteiger partial charge in [-0.05, 0) is 20.8 Å². The summed E-state index contributed by atoms with van der Waals surface area (Å²) in [6, 6.07) is 0. The third-order valence-electron chi connectivity index (χ3n) is 1.65. The van der Waals surface area contributed by atoms with Gasteiger partial charge >= 0.3 is 5.97 Å². The molecular formula is C10H18O4Si. The van der Waals surface area contributed by atoms with Crippen LogP contribution in [0.5, 0.6) is 0 Å². The molecule has 5 heteroatoms. The van der Waals surface area contributed by atoms with Gasteiger partial charge in [0, 0.05) is 13.2 Å². The van der Waals surface area contributed by atoms with E-state index >= 15 is 0 Å². The SMILES string of the molecule is CCOC(OCC)[SiH2]C=C=C(C)C(=O)O. The summed E-state index contributed by atoms with van der Waals surface area (Å²) in [7, 11) is -0.736. The maximum Gasteiger partial charge on any atom is 0.339 e. The molecule has 0 aromatic rings. The number of hydrogen-bond donors (Lipinski definition) is 1. The zero-order chi connectivity index (χ0) is 11.7. The lowest BCUT2D eigenvalue weighted by Gasteiger charge is -2.13. The fourth-order valence-electron chi connectivity index (χ4n) is 0.926. The van der Waals surface area contributed by atoms with Gasteiger partial charge in [-0.15, -0.1) is 5.73 Å². The molecular weight excluding hydrogens is 212 g/mol. The van der Waals surface area contributed by atoms with Gasteiger partial charge < -0.3 is 14.6 Å². The molecule has 0 spiro atoms. The first kappa shape index (κ1) is 14.1. The standard InChI is InChI=1S/C10H18O4Si/c1-4-13-10(14-5-2)15-7-6-8(3)9(11)12/h7,10H,4-5,15H2,1-3H3,(H,11,12). The Hall–Kier alpha value is -0.873. The Morgan fingerprint density at radius 1 is 1.47 bits per heavy atom. The molecule has 0 saturated carbocycles. The van der Waals surface area contributed by atoms with E-state index in [0.29, 0.717) is 13.2 Å². The number of carboxylic acid groups (broad SMARTS) is 1. The first-order chi connectivity index (χ1) is 7.11. The summed E-state index contributed by atoms with van der Waals surface area (Å²) < 4.78 is 10.7. The summed E-state index contributed by atoms with van der Waals surface area (Å²) in [5.74, 6) is -1.11. The monoisotopic (exact) mass is 230 g/mol. The lowest BCUT2D eigenvalue weighted by Crippen LogP contribution is -2.23. The Labute approximate surface area is 92.4 Å². The molecule has 15 heavy (non-hydrogen) atoms. The highest BCUT2D eigenvalue weighted by Crippen LogP contribution is 1.94. The van der Waals surface area contributed by atoms with Crippen LogP contribution in [0.1, 0.15) is 20.8 Å². The van der Waals surface area contributed by atoms with Gasteiger partial charge in [0.2, 0.25) is 0 Å². The van der Waals surface area contributed by atoms with Crippen LogP contribution in [0.2, 0.25) is 0 Å². The van der Waals surface area contributed by atoms with Crippen LogP contribution in [0, 0.1) is 0 Å². The van der Waals surface area contributed by atoms with Crippen molar-refractivity contribution in [2.24, 2.45) is 0 Å². The van der Waals surface area contributed by atoms with Crippen LogP contribution in [0.15, 0.2) is 17.0 Å². The molecule has 0 aromatic carbocycles. The van der Waals surface area contributed by atoms with Gasteiger partial charge in [-0.3, -0.25) is 0 Å². The third-order valence-corrected chi connectivity index (χ3v) is 2.95. The molecule has 4 nitrogen and oxygen atoms in total. The molecule has 0 aliphatic heterocycles. The van der Waals surface area contributed by atoms with E-state index in [-0.39, 0.29) is 11.5 Å². The van der Waals surface area contributed by atoms with E-state index in [1.165, 1.54) is 6.92 Å². The van der Waals surface area contributed by atoms with E-state index in [9.17, 15) is 4.79 Å². The van der Waals surface area contributed by atoms with E-state index in [1.807, 2.05) is 13.8 Å². The average Bonchev–Trinajstić information content (AvgIpc) is 2.18. The molecule has 0 atom stereocenters. The summed E-state index contributed by atoms with van der Waals surface area (Å²) in [4.78, 5) is 10.5. The predicted octanol–water partition coefficient (Wildman–Crippen LogP) is 0.655. The van der Waals surface area contributed by atoms with Crippen LogP contribution in [0.25, 0.3) is 0 Å². The first-order valence-corrected chi connectivity index (χ1v) is 6.63. The van der Waals surface area contributed by atoms with Gasteiger partial charge in [-0.2, -0.15) is 0 Å². The first-order valence-electron chi connectivity index (χ1n) is 5.00. The van der Waals surface area contributed by atoms with E-state index in [1.54, 1.807) is 5.70 Å². The topological polar surface area (TPSA) is 55.8 Å². The van der Waals surface area contributed by atoms with Crippen molar-refractivity contribution in [3.05, 3.63) is 17.0 Å². The molecule has 0 saturated heterocycles. The minimum absolute atomic E-state index is 0.172. The van der Waals surface area contributed by atoms with Crippen molar-refractivity contribution >= 4 is 15.5 Å². The number of hydrogen-bond acceptors (Lipinski definition) is 3. The zero-order valence-corrected chi connectivity index (χ0v) is 10.9. The molecule has 0 rings (SSSR count). The minimum Gasteiger partial charge on any atom is -0.477 e. The Kier molecular flexibility index (Phi) is 7.95. The zero-order valence-electron chi connectivity index (χ0n) is 9.45. The number of carbonyl (C=O) groups is 1. The Morgan fingerprint density at radius 3 is 2.40 bits per heavy atom. The quantitative estimate of drug-likeness (QED) is 0.302. The van der Waals surface area contributed by atoms with E-state index < -0.39 is 15.5 Å². The molecule has 0 fully saturated rings. The van der Waals surface area contributed by atoms with Gasteiger partial charge in [0.05, 0.1) is 5.57 Å². The smallest absolute Gasteiger partial charge is 0.339 e. The minimum atomic E-state index is -0.940. The average molecular weight is 230 g/mol. The summed E-state index contributed by atoms with van der Waals surface area (Å²) in [6.45, 7) is 6.54. The normalized spacial score (nSPS) is 10.7. The molecule has 0 bridgehead atoms. The van der Waals surface area contributed by atoms with Gasteiger partial charge in [0.1, 0.15) is 15.4 Å². The molecule has 0 amide bonds. The summed E-state index contributed by atoms with van der Waals surface area (Å²) in [5.41, 5.74) is 4.70. The van der Waals surface area contributed by atoms with E-state index in [2.05, 4.69) is 5.73 Å². The second kappa shape index (κ2) is 8.44. The van der Waals surface area contributed by atoms with Gasteiger partial charge in [-0.1, -0.05) is 5.70 Å². The Bertz CT molecular complexity index is 250. The van der Waals surface area contributed by atoms with Crippen LogP contribution in [-0.4, -0.2) is 39.7 Å². The highest BCUT2D eigenvalue weighted by molar-refractivity contribution is 6.43. The molecule has 0 radical (unpaired) electrons. The summed E-state index contributed by atoms with van der Waals surface area (Å²) >= 11 is 0. The summed E-state index contributed by atoms with van der Waals surface area (Å²) in [5, 5.41) is 8.59. The van der Waals surface area contributed by atoms with Crippen molar-refractivity contribution in [3.8, 4) is 0 Å². The van der Waals surface area contributed by atoms with Gasteiger partial charge in [0.15, 0.2) is 0 Å². The number of aliphatic carboxylic acids is 1. The molecule has 0 aliphatic rings. The van der Waals surface area contributed by atoms with Crippen molar-refractivity contribution in [1.82, 2.24) is 0 Å².